The van der Waals surface area contributed by atoms with Gasteiger partial charge in [-0.05, 0) is 18.7 Å². The van der Waals surface area contributed by atoms with Crippen LogP contribution in [0.4, 0.5) is 0 Å². The minimum absolute atomic E-state index is 0.732. The Morgan fingerprint density at radius 1 is 1.28 bits per heavy atom. The molecule has 0 aliphatic heterocycles. The van der Waals surface area contributed by atoms with Crippen molar-refractivity contribution in [2.75, 3.05) is 13.7 Å². The van der Waals surface area contributed by atoms with Gasteiger partial charge in [-0.1, -0.05) is 25.1 Å². The van der Waals surface area contributed by atoms with E-state index in [1.807, 2.05) is 35.1 Å². The third-order valence-electron chi connectivity index (χ3n) is 2.78. The van der Waals surface area contributed by atoms with Crippen LogP contribution in [0.3, 0.4) is 0 Å². The van der Waals surface area contributed by atoms with E-state index in [0.29, 0.717) is 0 Å². The van der Waals surface area contributed by atoms with Gasteiger partial charge < -0.3 is 10.1 Å². The van der Waals surface area contributed by atoms with Crippen LogP contribution < -0.4 is 10.1 Å². The Kier molecular flexibility index (Phi) is 4.36. The van der Waals surface area contributed by atoms with Crippen molar-refractivity contribution in [3.63, 3.8) is 0 Å². The number of nitrogens with zero attached hydrogens (tertiary/aromatic N) is 2. The molecule has 0 fully saturated rings. The van der Waals surface area contributed by atoms with Crippen molar-refractivity contribution < 1.29 is 4.74 Å². The van der Waals surface area contributed by atoms with Gasteiger partial charge >= 0.3 is 0 Å². The zero-order valence-corrected chi connectivity index (χ0v) is 10.9. The van der Waals surface area contributed by atoms with Gasteiger partial charge in [0.15, 0.2) is 0 Å². The predicted molar refractivity (Wildman–Crippen MR) is 71.7 cm³/mol. The van der Waals surface area contributed by atoms with Gasteiger partial charge in [-0.2, -0.15) is 5.10 Å². The molecule has 2 aromatic rings. The second-order valence-corrected chi connectivity index (χ2v) is 4.10. The molecule has 1 heterocycles. The third kappa shape index (κ3) is 3.11. The third-order valence-corrected chi connectivity index (χ3v) is 2.78. The summed E-state index contributed by atoms with van der Waals surface area (Å²) in [5.41, 5.74) is 2.20. The van der Waals surface area contributed by atoms with Crippen LogP contribution in [0, 0.1) is 0 Å². The molecule has 0 unspecified atom stereocenters. The molecule has 18 heavy (non-hydrogen) atoms. The van der Waals surface area contributed by atoms with Crippen LogP contribution in [0.2, 0.25) is 0 Å². The van der Waals surface area contributed by atoms with Crippen LogP contribution >= 0.6 is 0 Å². The number of para-hydroxylation sites is 1. The molecular formula is C14H19N3O. The monoisotopic (exact) mass is 245 g/mol. The highest BCUT2D eigenvalue weighted by Crippen LogP contribution is 2.18. The lowest BCUT2D eigenvalue weighted by Crippen LogP contribution is -2.12. The standard InChI is InChI=1S/C14H19N3O/c1-3-15-10-13-8-9-17(16-13)11-12-6-4-5-7-14(12)18-2/h4-9,15H,3,10-11H2,1-2H3. The van der Waals surface area contributed by atoms with E-state index in [4.69, 9.17) is 4.74 Å². The predicted octanol–water partition coefficient (Wildman–Crippen LogP) is 2.05. The second-order valence-electron chi connectivity index (χ2n) is 4.10. The molecule has 96 valence electrons. The summed E-state index contributed by atoms with van der Waals surface area (Å²) in [5.74, 6) is 0.904. The summed E-state index contributed by atoms with van der Waals surface area (Å²) in [6.45, 7) is 4.59. The van der Waals surface area contributed by atoms with E-state index in [0.717, 1.165) is 36.6 Å². The Bertz CT molecular complexity index is 493. The van der Waals surface area contributed by atoms with E-state index in [1.54, 1.807) is 7.11 Å². The highest BCUT2D eigenvalue weighted by atomic mass is 16.5. The molecule has 1 N–H and O–H groups in total. The first kappa shape index (κ1) is 12.6. The van der Waals surface area contributed by atoms with Gasteiger partial charge in [0, 0.05) is 18.3 Å². The van der Waals surface area contributed by atoms with Crippen LogP contribution in [-0.4, -0.2) is 23.4 Å². The van der Waals surface area contributed by atoms with Crippen LogP contribution in [0.5, 0.6) is 5.75 Å². The Hall–Kier alpha value is -1.81. The van der Waals surface area contributed by atoms with Crippen LogP contribution in [0.25, 0.3) is 0 Å². The first-order chi connectivity index (χ1) is 8.83. The number of benzene rings is 1. The maximum Gasteiger partial charge on any atom is 0.123 e. The Labute approximate surface area is 108 Å². The number of hydrogen-bond acceptors (Lipinski definition) is 3. The molecule has 0 radical (unpaired) electrons. The first-order valence-corrected chi connectivity index (χ1v) is 6.18. The highest BCUT2D eigenvalue weighted by Gasteiger charge is 2.04. The first-order valence-electron chi connectivity index (χ1n) is 6.18. The molecule has 1 aromatic heterocycles. The molecule has 0 amide bonds. The summed E-state index contributed by atoms with van der Waals surface area (Å²) >= 11 is 0. The number of ether oxygens (including phenoxy) is 1. The number of rotatable bonds is 6. The topological polar surface area (TPSA) is 39.1 Å². The Morgan fingerprint density at radius 3 is 2.89 bits per heavy atom. The fraction of sp³-hybridized carbons (Fsp3) is 0.357. The fourth-order valence-electron chi connectivity index (χ4n) is 1.85. The summed E-state index contributed by atoms with van der Waals surface area (Å²) in [6.07, 6.45) is 2.00. The van der Waals surface area contributed by atoms with Crippen LogP contribution in [-0.2, 0) is 13.1 Å². The molecule has 4 heteroatoms. The van der Waals surface area contributed by atoms with Gasteiger partial charge in [0.25, 0.3) is 0 Å². The fourth-order valence-corrected chi connectivity index (χ4v) is 1.85. The van der Waals surface area contributed by atoms with Crippen molar-refractivity contribution in [3.05, 3.63) is 47.8 Å². The van der Waals surface area contributed by atoms with Gasteiger partial charge in [-0.15, -0.1) is 0 Å². The van der Waals surface area contributed by atoms with Crippen molar-refractivity contribution >= 4 is 0 Å². The molecule has 1 aromatic carbocycles. The lowest BCUT2D eigenvalue weighted by molar-refractivity contribution is 0.407. The Morgan fingerprint density at radius 2 is 2.11 bits per heavy atom. The zero-order chi connectivity index (χ0) is 12.8. The minimum Gasteiger partial charge on any atom is -0.496 e. The molecule has 0 spiro atoms. The van der Waals surface area contributed by atoms with Crippen molar-refractivity contribution in [2.24, 2.45) is 0 Å². The van der Waals surface area contributed by atoms with E-state index in [9.17, 15) is 0 Å². The quantitative estimate of drug-likeness (QED) is 0.846. The maximum absolute atomic E-state index is 5.34. The van der Waals surface area contributed by atoms with Crippen LogP contribution in [0.15, 0.2) is 36.5 Å². The number of methoxy groups -OCH3 is 1. The second kappa shape index (κ2) is 6.21. The normalized spacial score (nSPS) is 10.6. The molecule has 0 aliphatic rings. The van der Waals surface area contributed by atoms with E-state index in [1.165, 1.54) is 0 Å². The van der Waals surface area contributed by atoms with E-state index < -0.39 is 0 Å². The molecule has 0 saturated heterocycles. The lowest BCUT2D eigenvalue weighted by atomic mass is 10.2. The minimum atomic E-state index is 0.732. The van der Waals surface area contributed by atoms with Gasteiger partial charge in [0.1, 0.15) is 5.75 Å². The molecule has 0 atom stereocenters. The maximum atomic E-state index is 5.34. The van der Waals surface area contributed by atoms with E-state index in [-0.39, 0.29) is 0 Å². The van der Waals surface area contributed by atoms with Gasteiger partial charge in [0.2, 0.25) is 0 Å². The van der Waals surface area contributed by atoms with Gasteiger partial charge in [-0.25, -0.2) is 0 Å². The van der Waals surface area contributed by atoms with E-state index >= 15 is 0 Å². The molecule has 4 nitrogen and oxygen atoms in total. The summed E-state index contributed by atoms with van der Waals surface area (Å²) in [5, 5.41) is 7.78. The van der Waals surface area contributed by atoms with Gasteiger partial charge in [0.05, 0.1) is 19.3 Å². The lowest BCUT2D eigenvalue weighted by Gasteiger charge is -2.08. The average molecular weight is 245 g/mol. The summed E-state index contributed by atoms with van der Waals surface area (Å²) < 4.78 is 7.27. The van der Waals surface area contributed by atoms with E-state index in [2.05, 4.69) is 23.4 Å². The number of nitrogens with one attached hydrogen (secondary N) is 1. The summed E-state index contributed by atoms with van der Waals surface area (Å²) in [6, 6.07) is 10.1. The zero-order valence-electron chi connectivity index (χ0n) is 10.9. The summed E-state index contributed by atoms with van der Waals surface area (Å²) in [7, 11) is 1.69. The largest absolute Gasteiger partial charge is 0.496 e. The molecule has 2 rings (SSSR count). The van der Waals surface area contributed by atoms with Crippen LogP contribution in [0.1, 0.15) is 18.2 Å². The molecular weight excluding hydrogens is 226 g/mol. The highest BCUT2D eigenvalue weighted by molar-refractivity contribution is 5.33. The Balaban J connectivity index is 2.06. The molecule has 0 aliphatic carbocycles. The van der Waals surface area contributed by atoms with Crippen molar-refractivity contribution in [3.8, 4) is 5.75 Å². The van der Waals surface area contributed by atoms with Crippen molar-refractivity contribution in [2.45, 2.75) is 20.0 Å². The number of aromatic nitrogens is 2. The van der Waals surface area contributed by atoms with Crippen molar-refractivity contribution in [1.82, 2.24) is 15.1 Å². The number of hydrogen-bond donors (Lipinski definition) is 1. The summed E-state index contributed by atoms with van der Waals surface area (Å²) in [4.78, 5) is 0. The van der Waals surface area contributed by atoms with Crippen molar-refractivity contribution in [1.29, 1.82) is 0 Å². The van der Waals surface area contributed by atoms with Gasteiger partial charge in [-0.3, -0.25) is 4.68 Å². The SMILES string of the molecule is CCNCc1ccn(Cc2ccccc2OC)n1. The average Bonchev–Trinajstić information content (AvgIpc) is 2.84. The smallest absolute Gasteiger partial charge is 0.123 e. The molecule has 0 bridgehead atoms. The molecule has 0 saturated carbocycles.